The Labute approximate surface area is 115 Å². The Bertz CT molecular complexity index is 475. The molecule has 4 nitrogen and oxygen atoms in total. The van der Waals surface area contributed by atoms with Crippen LogP contribution in [0.5, 0.6) is 0 Å². The number of benzene rings is 1. The lowest BCUT2D eigenvalue weighted by atomic mass is 10.1. The number of hydrogen-bond donors (Lipinski definition) is 2. The van der Waals surface area contributed by atoms with Crippen LogP contribution in [-0.4, -0.2) is 48.8 Å². The molecule has 20 heavy (non-hydrogen) atoms. The Hall–Kier alpha value is -1.76. The quantitative estimate of drug-likeness (QED) is 0.872. The fourth-order valence-corrected chi connectivity index (χ4v) is 1.81. The molecule has 0 fully saturated rings. The van der Waals surface area contributed by atoms with Crippen molar-refractivity contribution in [2.24, 2.45) is 0 Å². The molecule has 1 aromatic rings. The van der Waals surface area contributed by atoms with Crippen molar-refractivity contribution in [3.05, 3.63) is 29.3 Å². The Morgan fingerprint density at radius 2 is 2.05 bits per heavy atom. The summed E-state index contributed by atoms with van der Waals surface area (Å²) in [5.41, 5.74) is 1.37. The Balaban J connectivity index is 3.08. The number of alkyl halides is 3. The van der Waals surface area contributed by atoms with E-state index in [0.717, 1.165) is 5.56 Å². The summed E-state index contributed by atoms with van der Waals surface area (Å²) in [5.74, 6) is -0.760. The van der Waals surface area contributed by atoms with Crippen LogP contribution in [0.25, 0.3) is 0 Å². The molecular weight excluding hydrogens is 273 g/mol. The molecule has 112 valence electrons. The molecule has 0 spiro atoms. The molecule has 0 saturated heterocycles. The number of rotatable bonds is 5. The SMILES string of the molecule is CNc1ccc(C)cc1C(=O)N(CCO)CC(F)(F)F. The van der Waals surface area contributed by atoms with Gasteiger partial charge in [-0.2, -0.15) is 13.2 Å². The standard InChI is InChI=1S/C13H17F3N2O2/c1-9-3-4-11(17-2)10(7-9)12(20)18(5-6-19)8-13(14,15)16/h3-4,7,17,19H,5-6,8H2,1-2H3. The smallest absolute Gasteiger partial charge is 0.395 e. The summed E-state index contributed by atoms with van der Waals surface area (Å²) in [6.45, 7) is -0.530. The molecule has 1 aromatic carbocycles. The van der Waals surface area contributed by atoms with E-state index >= 15 is 0 Å². The lowest BCUT2D eigenvalue weighted by Gasteiger charge is -2.24. The minimum atomic E-state index is -4.51. The first-order chi connectivity index (χ1) is 9.28. The van der Waals surface area contributed by atoms with Crippen LogP contribution < -0.4 is 5.32 Å². The molecule has 2 N–H and O–H groups in total. The van der Waals surface area contributed by atoms with Gasteiger partial charge in [-0.15, -0.1) is 0 Å². The van der Waals surface area contributed by atoms with Gasteiger partial charge in [0.25, 0.3) is 5.91 Å². The highest BCUT2D eigenvalue weighted by Crippen LogP contribution is 2.22. The van der Waals surface area contributed by atoms with Crippen LogP contribution in [0.2, 0.25) is 0 Å². The highest BCUT2D eigenvalue weighted by atomic mass is 19.4. The van der Waals surface area contributed by atoms with Crippen molar-refractivity contribution in [3.63, 3.8) is 0 Å². The minimum Gasteiger partial charge on any atom is -0.395 e. The topological polar surface area (TPSA) is 52.6 Å². The fourth-order valence-electron chi connectivity index (χ4n) is 1.81. The van der Waals surface area contributed by atoms with Gasteiger partial charge in [0.15, 0.2) is 0 Å². The van der Waals surface area contributed by atoms with Gasteiger partial charge in [0.1, 0.15) is 6.54 Å². The van der Waals surface area contributed by atoms with Crippen LogP contribution in [0.15, 0.2) is 18.2 Å². The van der Waals surface area contributed by atoms with Crippen LogP contribution >= 0.6 is 0 Å². The van der Waals surface area contributed by atoms with E-state index < -0.39 is 25.2 Å². The molecule has 0 heterocycles. The van der Waals surface area contributed by atoms with E-state index in [-0.39, 0.29) is 12.1 Å². The third kappa shape index (κ3) is 4.41. The number of carbonyl (C=O) groups excluding carboxylic acids is 1. The molecular formula is C13H17F3N2O2. The van der Waals surface area contributed by atoms with E-state index in [2.05, 4.69) is 5.32 Å². The molecule has 0 unspecified atom stereocenters. The zero-order chi connectivity index (χ0) is 15.3. The first kappa shape index (κ1) is 16.3. The normalized spacial score (nSPS) is 11.3. The predicted octanol–water partition coefficient (Wildman–Crippen LogP) is 2.03. The van der Waals surface area contributed by atoms with Gasteiger partial charge in [0.05, 0.1) is 12.2 Å². The van der Waals surface area contributed by atoms with Gasteiger partial charge in [-0.3, -0.25) is 4.79 Å². The third-order valence-corrected chi connectivity index (χ3v) is 2.70. The predicted molar refractivity (Wildman–Crippen MR) is 69.8 cm³/mol. The van der Waals surface area contributed by atoms with E-state index in [4.69, 9.17) is 5.11 Å². The van der Waals surface area contributed by atoms with Crippen LogP contribution in [0.1, 0.15) is 15.9 Å². The molecule has 0 saturated carbocycles. The lowest BCUT2D eigenvalue weighted by molar-refractivity contribution is -0.141. The van der Waals surface area contributed by atoms with E-state index in [1.807, 2.05) is 0 Å². The average molecular weight is 290 g/mol. The average Bonchev–Trinajstić information content (AvgIpc) is 2.36. The number of nitrogens with zero attached hydrogens (tertiary/aromatic N) is 1. The highest BCUT2D eigenvalue weighted by molar-refractivity contribution is 5.99. The van der Waals surface area contributed by atoms with Crippen molar-refractivity contribution >= 4 is 11.6 Å². The second-order valence-corrected chi connectivity index (χ2v) is 4.36. The summed E-state index contributed by atoms with van der Waals surface area (Å²) in [4.78, 5) is 12.8. The van der Waals surface area contributed by atoms with Crippen molar-refractivity contribution < 1.29 is 23.1 Å². The lowest BCUT2D eigenvalue weighted by Crippen LogP contribution is -2.40. The van der Waals surface area contributed by atoms with Gasteiger partial charge in [0.2, 0.25) is 0 Å². The zero-order valence-corrected chi connectivity index (χ0v) is 11.3. The summed E-state index contributed by atoms with van der Waals surface area (Å²) in [6.07, 6.45) is -4.51. The first-order valence-electron chi connectivity index (χ1n) is 6.03. The van der Waals surface area contributed by atoms with E-state index in [9.17, 15) is 18.0 Å². The maximum absolute atomic E-state index is 12.5. The van der Waals surface area contributed by atoms with E-state index in [1.165, 1.54) is 6.07 Å². The number of nitrogens with one attached hydrogen (secondary N) is 1. The second kappa shape index (κ2) is 6.60. The molecule has 0 aliphatic rings. The maximum atomic E-state index is 12.5. The Morgan fingerprint density at radius 3 is 2.55 bits per heavy atom. The van der Waals surface area contributed by atoms with Crippen LogP contribution in [-0.2, 0) is 0 Å². The van der Waals surface area contributed by atoms with Crippen LogP contribution in [0, 0.1) is 6.92 Å². The largest absolute Gasteiger partial charge is 0.406 e. The fraction of sp³-hybridized carbons (Fsp3) is 0.462. The summed E-state index contributed by atoms with van der Waals surface area (Å²) in [7, 11) is 1.58. The molecule has 0 bridgehead atoms. The summed E-state index contributed by atoms with van der Waals surface area (Å²) in [5, 5.41) is 11.6. The number of carbonyl (C=O) groups is 1. The first-order valence-corrected chi connectivity index (χ1v) is 6.03. The molecule has 0 atom stereocenters. The van der Waals surface area contributed by atoms with Gasteiger partial charge in [-0.25, -0.2) is 0 Å². The minimum absolute atomic E-state index is 0.158. The summed E-state index contributed by atoms with van der Waals surface area (Å²) in [6, 6.07) is 4.91. The summed E-state index contributed by atoms with van der Waals surface area (Å²) >= 11 is 0. The van der Waals surface area contributed by atoms with Gasteiger partial charge in [-0.05, 0) is 19.1 Å². The van der Waals surface area contributed by atoms with E-state index in [0.29, 0.717) is 10.6 Å². The number of anilines is 1. The van der Waals surface area contributed by atoms with Crippen molar-refractivity contribution in [2.75, 3.05) is 32.1 Å². The van der Waals surface area contributed by atoms with Crippen molar-refractivity contribution in [2.45, 2.75) is 13.1 Å². The van der Waals surface area contributed by atoms with E-state index in [1.54, 1.807) is 26.1 Å². The molecule has 0 aromatic heterocycles. The number of halogens is 3. The Kier molecular flexibility index (Phi) is 5.38. The highest BCUT2D eigenvalue weighted by Gasteiger charge is 2.33. The third-order valence-electron chi connectivity index (χ3n) is 2.70. The molecule has 1 rings (SSSR count). The number of aliphatic hydroxyl groups excluding tert-OH is 1. The molecule has 1 amide bonds. The maximum Gasteiger partial charge on any atom is 0.406 e. The van der Waals surface area contributed by atoms with Gasteiger partial charge >= 0.3 is 6.18 Å². The number of aliphatic hydroxyl groups is 1. The van der Waals surface area contributed by atoms with Crippen molar-refractivity contribution in [1.29, 1.82) is 0 Å². The Morgan fingerprint density at radius 1 is 1.40 bits per heavy atom. The summed E-state index contributed by atoms with van der Waals surface area (Å²) < 4.78 is 37.4. The molecule has 0 aliphatic heterocycles. The second-order valence-electron chi connectivity index (χ2n) is 4.36. The zero-order valence-electron chi connectivity index (χ0n) is 11.3. The molecule has 7 heteroatoms. The van der Waals surface area contributed by atoms with Crippen LogP contribution in [0.4, 0.5) is 18.9 Å². The monoisotopic (exact) mass is 290 g/mol. The van der Waals surface area contributed by atoms with Crippen LogP contribution in [0.3, 0.4) is 0 Å². The van der Waals surface area contributed by atoms with Crippen molar-refractivity contribution in [3.8, 4) is 0 Å². The molecule has 0 aliphatic carbocycles. The van der Waals surface area contributed by atoms with Gasteiger partial charge in [0, 0.05) is 19.3 Å². The number of aryl methyl sites for hydroxylation is 1. The molecule has 0 radical (unpaired) electrons. The van der Waals surface area contributed by atoms with Gasteiger partial charge < -0.3 is 15.3 Å². The number of hydrogen-bond acceptors (Lipinski definition) is 3. The number of amides is 1. The van der Waals surface area contributed by atoms with Gasteiger partial charge in [-0.1, -0.05) is 11.6 Å². The van der Waals surface area contributed by atoms with Crippen molar-refractivity contribution in [1.82, 2.24) is 4.90 Å².